The summed E-state index contributed by atoms with van der Waals surface area (Å²) in [6.45, 7) is 1.38. The fourth-order valence-corrected chi connectivity index (χ4v) is 4.10. The van der Waals surface area contributed by atoms with E-state index in [9.17, 15) is 4.79 Å². The standard InChI is InChI=1S/C18H18Cl2N2OS.ClH/c19-14-5-6-16(20)17(9-14)24-11-12-1-3-13(4-2-12)18(23)22-8-7-15(21)10-22;/h1-6,9,15H,7-8,10-11,21H2;1H/t15-;/m1./s1. The second-order valence-electron chi connectivity index (χ2n) is 5.86. The van der Waals surface area contributed by atoms with Crippen molar-refractivity contribution in [1.29, 1.82) is 0 Å². The van der Waals surface area contributed by atoms with Gasteiger partial charge in [0.05, 0.1) is 5.02 Å². The van der Waals surface area contributed by atoms with Crippen LogP contribution in [0.4, 0.5) is 0 Å². The van der Waals surface area contributed by atoms with Gasteiger partial charge in [-0.15, -0.1) is 24.2 Å². The highest BCUT2D eigenvalue weighted by molar-refractivity contribution is 7.98. The van der Waals surface area contributed by atoms with Crippen molar-refractivity contribution in [3.05, 3.63) is 63.6 Å². The lowest BCUT2D eigenvalue weighted by atomic mass is 10.1. The number of benzene rings is 2. The molecule has 1 heterocycles. The Kier molecular flexibility index (Phi) is 7.47. The Bertz CT molecular complexity index is 740. The van der Waals surface area contributed by atoms with Gasteiger partial charge in [0.25, 0.3) is 5.91 Å². The maximum atomic E-state index is 12.4. The number of amides is 1. The van der Waals surface area contributed by atoms with Gasteiger partial charge in [-0.1, -0.05) is 35.3 Å². The molecule has 25 heavy (non-hydrogen) atoms. The molecule has 0 aromatic heterocycles. The number of likely N-dealkylation sites (tertiary alicyclic amines) is 1. The molecule has 1 amide bonds. The minimum atomic E-state index is 0. The van der Waals surface area contributed by atoms with Crippen LogP contribution < -0.4 is 5.73 Å². The molecule has 0 saturated carbocycles. The van der Waals surface area contributed by atoms with Crippen LogP contribution in [-0.4, -0.2) is 29.9 Å². The van der Waals surface area contributed by atoms with Crippen LogP contribution in [0.1, 0.15) is 22.3 Å². The molecule has 1 atom stereocenters. The second-order valence-corrected chi connectivity index (χ2v) is 7.72. The molecule has 0 aliphatic carbocycles. The quantitative estimate of drug-likeness (QED) is 0.721. The average Bonchev–Trinajstić information content (AvgIpc) is 3.02. The molecule has 0 radical (unpaired) electrons. The van der Waals surface area contributed by atoms with Crippen molar-refractivity contribution in [3.8, 4) is 0 Å². The van der Waals surface area contributed by atoms with E-state index in [2.05, 4.69) is 0 Å². The minimum absolute atomic E-state index is 0. The molecule has 0 bridgehead atoms. The molecule has 7 heteroatoms. The number of halogens is 3. The molecule has 1 saturated heterocycles. The first-order chi connectivity index (χ1) is 11.5. The maximum Gasteiger partial charge on any atom is 0.253 e. The number of nitrogens with two attached hydrogens (primary N) is 1. The second kappa shape index (κ2) is 9.15. The summed E-state index contributed by atoms with van der Waals surface area (Å²) in [6, 6.07) is 13.3. The van der Waals surface area contributed by atoms with Gasteiger partial charge in [0, 0.05) is 40.4 Å². The number of thioether (sulfide) groups is 1. The van der Waals surface area contributed by atoms with Crippen LogP contribution in [0.3, 0.4) is 0 Å². The zero-order chi connectivity index (χ0) is 17.1. The van der Waals surface area contributed by atoms with Crippen molar-refractivity contribution in [1.82, 2.24) is 4.90 Å². The predicted octanol–water partition coefficient (Wildman–Crippen LogP) is 4.88. The third-order valence-electron chi connectivity index (χ3n) is 4.00. The van der Waals surface area contributed by atoms with Crippen LogP contribution in [0.2, 0.25) is 10.0 Å². The highest BCUT2D eigenvalue weighted by Gasteiger charge is 2.24. The molecule has 1 aliphatic heterocycles. The summed E-state index contributed by atoms with van der Waals surface area (Å²) in [7, 11) is 0. The van der Waals surface area contributed by atoms with Gasteiger partial charge in [-0.05, 0) is 42.3 Å². The molecule has 0 spiro atoms. The fraction of sp³-hybridized carbons (Fsp3) is 0.278. The largest absolute Gasteiger partial charge is 0.337 e. The topological polar surface area (TPSA) is 46.3 Å². The Labute approximate surface area is 168 Å². The van der Waals surface area contributed by atoms with Crippen LogP contribution >= 0.6 is 47.4 Å². The first kappa shape index (κ1) is 20.4. The predicted molar refractivity (Wildman–Crippen MR) is 108 cm³/mol. The molecule has 0 unspecified atom stereocenters. The van der Waals surface area contributed by atoms with E-state index in [1.807, 2.05) is 35.2 Å². The summed E-state index contributed by atoms with van der Waals surface area (Å²) < 4.78 is 0. The fourth-order valence-electron chi connectivity index (χ4n) is 2.65. The normalized spacial score (nSPS) is 16.6. The molecular weight excluding hydrogens is 399 g/mol. The molecule has 1 aliphatic rings. The third kappa shape index (κ3) is 5.28. The van der Waals surface area contributed by atoms with Crippen molar-refractivity contribution in [2.24, 2.45) is 5.73 Å². The van der Waals surface area contributed by atoms with E-state index in [-0.39, 0.29) is 24.4 Å². The van der Waals surface area contributed by atoms with Crippen molar-refractivity contribution in [2.75, 3.05) is 13.1 Å². The first-order valence-electron chi connectivity index (χ1n) is 7.74. The van der Waals surface area contributed by atoms with E-state index in [1.165, 1.54) is 0 Å². The number of rotatable bonds is 4. The Hall–Kier alpha value is -0.910. The van der Waals surface area contributed by atoms with Crippen molar-refractivity contribution >= 4 is 53.3 Å². The van der Waals surface area contributed by atoms with Gasteiger partial charge in [0.2, 0.25) is 0 Å². The number of nitrogens with zero attached hydrogens (tertiary/aromatic N) is 1. The summed E-state index contributed by atoms with van der Waals surface area (Å²) in [5, 5.41) is 1.37. The number of carbonyl (C=O) groups is 1. The molecular formula is C18H19Cl3N2OS. The van der Waals surface area contributed by atoms with Gasteiger partial charge in [-0.25, -0.2) is 0 Å². The molecule has 2 aromatic carbocycles. The molecule has 3 rings (SSSR count). The lowest BCUT2D eigenvalue weighted by Gasteiger charge is -2.16. The van der Waals surface area contributed by atoms with Crippen LogP contribution in [0.15, 0.2) is 47.4 Å². The summed E-state index contributed by atoms with van der Waals surface area (Å²) in [4.78, 5) is 15.2. The molecule has 134 valence electrons. The zero-order valence-corrected chi connectivity index (χ0v) is 16.6. The lowest BCUT2D eigenvalue weighted by molar-refractivity contribution is 0.0791. The Morgan fingerprint density at radius 3 is 2.56 bits per heavy atom. The number of carbonyl (C=O) groups excluding carboxylic acids is 1. The molecule has 2 aromatic rings. The van der Waals surface area contributed by atoms with E-state index < -0.39 is 0 Å². The highest BCUT2D eigenvalue weighted by atomic mass is 35.5. The monoisotopic (exact) mass is 416 g/mol. The lowest BCUT2D eigenvalue weighted by Crippen LogP contribution is -2.31. The smallest absolute Gasteiger partial charge is 0.253 e. The van der Waals surface area contributed by atoms with Gasteiger partial charge in [0.15, 0.2) is 0 Å². The van der Waals surface area contributed by atoms with Crippen molar-refractivity contribution < 1.29 is 4.79 Å². The third-order valence-corrected chi connectivity index (χ3v) is 5.80. The van der Waals surface area contributed by atoms with E-state index in [4.69, 9.17) is 28.9 Å². The van der Waals surface area contributed by atoms with Gasteiger partial charge >= 0.3 is 0 Å². The Morgan fingerprint density at radius 2 is 1.92 bits per heavy atom. The van der Waals surface area contributed by atoms with Crippen LogP contribution in [0.5, 0.6) is 0 Å². The summed E-state index contributed by atoms with van der Waals surface area (Å²) in [5.74, 6) is 0.823. The van der Waals surface area contributed by atoms with Gasteiger partial charge < -0.3 is 10.6 Å². The SMILES string of the molecule is Cl.N[C@@H]1CCN(C(=O)c2ccc(CSc3cc(Cl)ccc3Cl)cc2)C1. The zero-order valence-electron chi connectivity index (χ0n) is 13.5. The summed E-state index contributed by atoms with van der Waals surface area (Å²) in [6.07, 6.45) is 0.876. The summed E-state index contributed by atoms with van der Waals surface area (Å²) >= 11 is 13.8. The number of hydrogen-bond donors (Lipinski definition) is 1. The van der Waals surface area contributed by atoms with E-state index in [0.717, 1.165) is 29.2 Å². The van der Waals surface area contributed by atoms with Crippen LogP contribution in [0, 0.1) is 0 Å². The Balaban J connectivity index is 0.00000225. The van der Waals surface area contributed by atoms with Crippen molar-refractivity contribution in [2.45, 2.75) is 23.1 Å². The maximum absolute atomic E-state index is 12.4. The number of hydrogen-bond acceptors (Lipinski definition) is 3. The minimum Gasteiger partial charge on any atom is -0.337 e. The molecule has 3 nitrogen and oxygen atoms in total. The van der Waals surface area contributed by atoms with Gasteiger partial charge in [0.1, 0.15) is 0 Å². The van der Waals surface area contributed by atoms with Gasteiger partial charge in [-0.3, -0.25) is 4.79 Å². The molecule has 2 N–H and O–H groups in total. The van der Waals surface area contributed by atoms with Crippen LogP contribution in [-0.2, 0) is 5.75 Å². The van der Waals surface area contributed by atoms with Gasteiger partial charge in [-0.2, -0.15) is 0 Å². The van der Waals surface area contributed by atoms with E-state index in [1.54, 1.807) is 23.9 Å². The average molecular weight is 418 g/mol. The highest BCUT2D eigenvalue weighted by Crippen LogP contribution is 2.32. The molecule has 1 fully saturated rings. The van der Waals surface area contributed by atoms with Crippen molar-refractivity contribution in [3.63, 3.8) is 0 Å². The van der Waals surface area contributed by atoms with E-state index in [0.29, 0.717) is 22.2 Å². The first-order valence-corrected chi connectivity index (χ1v) is 9.49. The van der Waals surface area contributed by atoms with Crippen LogP contribution in [0.25, 0.3) is 0 Å². The van der Waals surface area contributed by atoms with E-state index >= 15 is 0 Å². The summed E-state index contributed by atoms with van der Waals surface area (Å²) in [5.41, 5.74) is 7.70. The Morgan fingerprint density at radius 1 is 1.20 bits per heavy atom.